The van der Waals surface area contributed by atoms with Gasteiger partial charge < -0.3 is 9.64 Å². The average Bonchev–Trinajstić information content (AvgIpc) is 3.16. The van der Waals surface area contributed by atoms with Crippen molar-refractivity contribution in [3.8, 4) is 16.3 Å². The van der Waals surface area contributed by atoms with Crippen LogP contribution in [0.3, 0.4) is 0 Å². The van der Waals surface area contributed by atoms with Gasteiger partial charge in [-0.1, -0.05) is 12.1 Å². The molecule has 0 aliphatic rings. The quantitative estimate of drug-likeness (QED) is 0.724. The number of rotatable bonds is 5. The van der Waals surface area contributed by atoms with Crippen LogP contribution >= 0.6 is 11.5 Å². The summed E-state index contributed by atoms with van der Waals surface area (Å²) in [5.74, 6) is 1.58. The summed E-state index contributed by atoms with van der Waals surface area (Å²) in [4.78, 5) is 6.38. The molecule has 0 aliphatic heterocycles. The van der Waals surface area contributed by atoms with Gasteiger partial charge in [0.15, 0.2) is 0 Å². The number of hydrogen-bond acceptors (Lipinski definition) is 6. The van der Waals surface area contributed by atoms with Crippen molar-refractivity contribution in [1.29, 1.82) is 0 Å². The average molecular weight is 315 g/mol. The number of aromatic nitrogens is 4. The number of anilines is 1. The minimum absolute atomic E-state index is 0.712. The molecule has 7 heteroatoms. The van der Waals surface area contributed by atoms with E-state index in [1.165, 1.54) is 17.1 Å². The number of hydrogen-bond donors (Lipinski definition) is 0. The lowest BCUT2D eigenvalue weighted by Crippen LogP contribution is -2.09. The zero-order valence-corrected chi connectivity index (χ0v) is 13.5. The van der Waals surface area contributed by atoms with Gasteiger partial charge in [0.1, 0.15) is 10.8 Å². The summed E-state index contributed by atoms with van der Waals surface area (Å²) in [7, 11) is 5.52. The smallest absolute Gasteiger partial charge is 0.237 e. The predicted molar refractivity (Wildman–Crippen MR) is 87.6 cm³/mol. The van der Waals surface area contributed by atoms with Crippen molar-refractivity contribution in [1.82, 2.24) is 19.1 Å². The van der Waals surface area contributed by atoms with Crippen molar-refractivity contribution in [2.45, 2.75) is 6.54 Å². The lowest BCUT2D eigenvalue weighted by molar-refractivity contribution is 0.414. The van der Waals surface area contributed by atoms with Crippen molar-refractivity contribution < 1.29 is 4.74 Å². The third kappa shape index (κ3) is 3.09. The van der Waals surface area contributed by atoms with Crippen LogP contribution in [0.5, 0.6) is 5.75 Å². The lowest BCUT2D eigenvalue weighted by Gasteiger charge is -2.04. The highest BCUT2D eigenvalue weighted by atomic mass is 32.1. The van der Waals surface area contributed by atoms with Gasteiger partial charge in [0.2, 0.25) is 5.95 Å². The van der Waals surface area contributed by atoms with E-state index in [1.54, 1.807) is 7.11 Å². The second kappa shape index (κ2) is 6.15. The second-order valence-corrected chi connectivity index (χ2v) is 5.82. The molecule has 0 spiro atoms. The van der Waals surface area contributed by atoms with Crippen molar-refractivity contribution in [2.75, 3.05) is 26.1 Å². The standard InChI is InChI=1S/C15H17N5OS/c1-19(2)15-17-14(22-18-15)12-8-16-20(10-12)9-11-4-6-13(21-3)7-5-11/h4-8,10H,9H2,1-3H3. The van der Waals surface area contributed by atoms with Gasteiger partial charge in [-0.05, 0) is 29.2 Å². The Bertz CT molecular complexity index is 747. The molecule has 3 aromatic rings. The van der Waals surface area contributed by atoms with Crippen LogP contribution in [0.25, 0.3) is 10.6 Å². The van der Waals surface area contributed by atoms with E-state index in [4.69, 9.17) is 4.74 Å². The molecule has 22 heavy (non-hydrogen) atoms. The highest BCUT2D eigenvalue weighted by Gasteiger charge is 2.10. The summed E-state index contributed by atoms with van der Waals surface area (Å²) in [5.41, 5.74) is 2.15. The van der Waals surface area contributed by atoms with E-state index in [2.05, 4.69) is 14.5 Å². The van der Waals surface area contributed by atoms with Crippen molar-refractivity contribution in [3.05, 3.63) is 42.2 Å². The van der Waals surface area contributed by atoms with E-state index in [9.17, 15) is 0 Å². The van der Waals surface area contributed by atoms with Gasteiger partial charge in [-0.25, -0.2) is 0 Å². The molecule has 0 saturated heterocycles. The van der Waals surface area contributed by atoms with Crippen LogP contribution in [0, 0.1) is 0 Å². The molecular weight excluding hydrogens is 298 g/mol. The summed E-state index contributed by atoms with van der Waals surface area (Å²) < 4.78 is 11.4. The molecule has 0 bridgehead atoms. The first-order chi connectivity index (χ1) is 10.7. The Morgan fingerprint density at radius 3 is 2.64 bits per heavy atom. The number of ether oxygens (including phenoxy) is 1. The molecular formula is C15H17N5OS. The highest BCUT2D eigenvalue weighted by molar-refractivity contribution is 7.09. The normalized spacial score (nSPS) is 10.7. The van der Waals surface area contributed by atoms with Crippen LogP contribution in [0.2, 0.25) is 0 Å². The summed E-state index contributed by atoms with van der Waals surface area (Å²) in [6.45, 7) is 0.712. The Balaban J connectivity index is 1.74. The number of methoxy groups -OCH3 is 1. The summed E-state index contributed by atoms with van der Waals surface area (Å²) in [5, 5.41) is 5.27. The van der Waals surface area contributed by atoms with Crippen LogP contribution < -0.4 is 9.64 Å². The first kappa shape index (κ1) is 14.5. The zero-order chi connectivity index (χ0) is 15.5. The molecule has 1 aromatic carbocycles. The Hall–Kier alpha value is -2.41. The minimum atomic E-state index is 0.712. The van der Waals surface area contributed by atoms with Crippen LogP contribution in [0.4, 0.5) is 5.95 Å². The predicted octanol–water partition coefficient (Wildman–Crippen LogP) is 2.52. The van der Waals surface area contributed by atoms with Gasteiger partial charge in [-0.15, -0.1) is 0 Å². The second-order valence-electron chi connectivity index (χ2n) is 5.07. The molecule has 0 radical (unpaired) electrons. The van der Waals surface area contributed by atoms with Gasteiger partial charge >= 0.3 is 0 Å². The molecule has 0 saturated carbocycles. The molecule has 0 aliphatic carbocycles. The molecule has 0 amide bonds. The summed E-state index contributed by atoms with van der Waals surface area (Å²) in [6, 6.07) is 7.98. The molecule has 2 heterocycles. The van der Waals surface area contributed by atoms with Crippen molar-refractivity contribution >= 4 is 17.5 Å². The van der Waals surface area contributed by atoms with E-state index in [-0.39, 0.29) is 0 Å². The summed E-state index contributed by atoms with van der Waals surface area (Å²) in [6.07, 6.45) is 3.81. The lowest BCUT2D eigenvalue weighted by atomic mass is 10.2. The molecule has 0 unspecified atom stereocenters. The van der Waals surface area contributed by atoms with Gasteiger partial charge in [0.05, 0.1) is 25.4 Å². The Kier molecular flexibility index (Phi) is 4.06. The Morgan fingerprint density at radius 1 is 1.23 bits per heavy atom. The Morgan fingerprint density at radius 2 is 2.00 bits per heavy atom. The van der Waals surface area contributed by atoms with E-state index < -0.39 is 0 Å². The van der Waals surface area contributed by atoms with Crippen molar-refractivity contribution in [3.63, 3.8) is 0 Å². The van der Waals surface area contributed by atoms with Crippen LogP contribution in [0.1, 0.15) is 5.56 Å². The SMILES string of the molecule is COc1ccc(Cn2cc(-c3nc(N(C)C)ns3)cn2)cc1. The third-order valence-electron chi connectivity index (χ3n) is 3.20. The maximum atomic E-state index is 5.16. The molecule has 0 N–H and O–H groups in total. The molecule has 6 nitrogen and oxygen atoms in total. The van der Waals surface area contributed by atoms with E-state index >= 15 is 0 Å². The zero-order valence-electron chi connectivity index (χ0n) is 12.7. The van der Waals surface area contributed by atoms with Crippen LogP contribution in [-0.4, -0.2) is 40.3 Å². The topological polar surface area (TPSA) is 56.1 Å². The molecule has 2 aromatic heterocycles. The fourth-order valence-electron chi connectivity index (χ4n) is 1.99. The largest absolute Gasteiger partial charge is 0.497 e. The minimum Gasteiger partial charge on any atom is -0.497 e. The maximum Gasteiger partial charge on any atom is 0.237 e. The first-order valence-electron chi connectivity index (χ1n) is 6.82. The van der Waals surface area contributed by atoms with Gasteiger partial charge in [0, 0.05) is 20.3 Å². The first-order valence-corrected chi connectivity index (χ1v) is 7.60. The fraction of sp³-hybridized carbons (Fsp3) is 0.267. The van der Waals surface area contributed by atoms with Gasteiger partial charge in [-0.2, -0.15) is 14.5 Å². The molecule has 0 fully saturated rings. The molecule has 114 valence electrons. The van der Waals surface area contributed by atoms with Gasteiger partial charge in [0.25, 0.3) is 0 Å². The number of nitrogens with zero attached hydrogens (tertiary/aromatic N) is 5. The van der Waals surface area contributed by atoms with E-state index in [1.807, 2.05) is 60.3 Å². The monoisotopic (exact) mass is 315 g/mol. The van der Waals surface area contributed by atoms with Crippen LogP contribution in [-0.2, 0) is 6.54 Å². The van der Waals surface area contributed by atoms with Crippen LogP contribution in [0.15, 0.2) is 36.7 Å². The highest BCUT2D eigenvalue weighted by Crippen LogP contribution is 2.23. The maximum absolute atomic E-state index is 5.16. The Labute approximate surface area is 133 Å². The molecule has 3 rings (SSSR count). The molecule has 0 atom stereocenters. The van der Waals surface area contributed by atoms with E-state index in [0.717, 1.165) is 22.3 Å². The fourth-order valence-corrected chi connectivity index (χ4v) is 2.70. The third-order valence-corrected chi connectivity index (χ3v) is 3.95. The summed E-state index contributed by atoms with van der Waals surface area (Å²) >= 11 is 1.38. The van der Waals surface area contributed by atoms with Crippen molar-refractivity contribution in [2.24, 2.45) is 0 Å². The van der Waals surface area contributed by atoms with E-state index in [0.29, 0.717) is 6.54 Å². The number of benzene rings is 1. The van der Waals surface area contributed by atoms with Gasteiger partial charge in [-0.3, -0.25) is 4.68 Å².